The van der Waals surface area contributed by atoms with Crippen molar-refractivity contribution < 1.29 is 13.2 Å². The highest BCUT2D eigenvalue weighted by Crippen LogP contribution is 2.28. The van der Waals surface area contributed by atoms with Crippen molar-refractivity contribution in [2.45, 2.75) is 39.0 Å². The van der Waals surface area contributed by atoms with Crippen LogP contribution in [0.1, 0.15) is 38.2 Å². The average Bonchev–Trinajstić information content (AvgIpc) is 2.63. The first kappa shape index (κ1) is 17.5. The smallest absolute Gasteiger partial charge is 0.195 e. The van der Waals surface area contributed by atoms with Gasteiger partial charge in [-0.15, -0.1) is 0 Å². The SMILES string of the molecule is CCCCCCc1ccc(-c2ccc3c(F)c(F)c(F)cc3c2)cc1. The van der Waals surface area contributed by atoms with E-state index in [-0.39, 0.29) is 5.39 Å². The lowest BCUT2D eigenvalue weighted by molar-refractivity contribution is 0.453. The van der Waals surface area contributed by atoms with Gasteiger partial charge in [-0.2, -0.15) is 0 Å². The number of benzene rings is 3. The summed E-state index contributed by atoms with van der Waals surface area (Å²) in [5.74, 6) is -3.72. The molecule has 3 aromatic rings. The number of hydrogen-bond acceptors (Lipinski definition) is 0. The third-order valence-corrected chi connectivity index (χ3v) is 4.58. The Morgan fingerprint density at radius 2 is 1.44 bits per heavy atom. The van der Waals surface area contributed by atoms with Gasteiger partial charge in [-0.3, -0.25) is 0 Å². The molecule has 0 radical (unpaired) electrons. The lowest BCUT2D eigenvalue weighted by Gasteiger charge is -2.08. The van der Waals surface area contributed by atoms with E-state index in [4.69, 9.17) is 0 Å². The van der Waals surface area contributed by atoms with Crippen LogP contribution in [0.15, 0.2) is 48.5 Å². The van der Waals surface area contributed by atoms with Crippen molar-refractivity contribution in [3.05, 3.63) is 71.5 Å². The van der Waals surface area contributed by atoms with E-state index in [1.54, 1.807) is 12.1 Å². The van der Waals surface area contributed by atoms with Crippen molar-refractivity contribution in [3.8, 4) is 11.1 Å². The van der Waals surface area contributed by atoms with Crippen molar-refractivity contribution in [2.75, 3.05) is 0 Å². The Labute approximate surface area is 146 Å². The van der Waals surface area contributed by atoms with Crippen molar-refractivity contribution in [1.29, 1.82) is 0 Å². The number of rotatable bonds is 6. The zero-order valence-electron chi connectivity index (χ0n) is 14.3. The minimum absolute atomic E-state index is 0.0928. The first-order valence-corrected chi connectivity index (χ1v) is 8.76. The van der Waals surface area contributed by atoms with E-state index in [1.165, 1.54) is 37.3 Å². The second-order valence-electron chi connectivity index (χ2n) is 6.43. The Bertz CT molecular complexity index is 867. The lowest BCUT2D eigenvalue weighted by Crippen LogP contribution is -1.92. The Morgan fingerprint density at radius 3 is 2.16 bits per heavy atom. The number of hydrogen-bond donors (Lipinski definition) is 0. The molecule has 0 aliphatic rings. The monoisotopic (exact) mass is 342 g/mol. The summed E-state index contributed by atoms with van der Waals surface area (Å²) in [6.45, 7) is 2.20. The molecule has 130 valence electrons. The maximum Gasteiger partial charge on any atom is 0.195 e. The Morgan fingerprint density at radius 1 is 0.720 bits per heavy atom. The average molecular weight is 342 g/mol. The van der Waals surface area contributed by atoms with Gasteiger partial charge < -0.3 is 0 Å². The Hall–Kier alpha value is -2.29. The summed E-state index contributed by atoms with van der Waals surface area (Å²) in [5, 5.41) is 0.452. The molecule has 0 unspecified atom stereocenters. The van der Waals surface area contributed by atoms with Crippen LogP contribution in [0.2, 0.25) is 0 Å². The van der Waals surface area contributed by atoms with E-state index >= 15 is 0 Å². The van der Waals surface area contributed by atoms with Crippen LogP contribution in [0.25, 0.3) is 21.9 Å². The fourth-order valence-electron chi connectivity index (χ4n) is 3.10. The van der Waals surface area contributed by atoms with Gasteiger partial charge >= 0.3 is 0 Å². The third-order valence-electron chi connectivity index (χ3n) is 4.58. The molecule has 0 saturated carbocycles. The summed E-state index contributed by atoms with van der Waals surface area (Å²) in [4.78, 5) is 0. The molecule has 0 bridgehead atoms. The third kappa shape index (κ3) is 3.87. The molecule has 0 heterocycles. The molecule has 0 N–H and O–H groups in total. The standard InChI is InChI=1S/C22H21F3/c1-2-3-4-5-6-15-7-9-16(10-8-15)17-11-12-19-18(13-17)14-20(23)22(25)21(19)24/h7-14H,2-6H2,1H3. The van der Waals surface area contributed by atoms with Crippen LogP contribution in [-0.4, -0.2) is 0 Å². The molecular formula is C22H21F3. The van der Waals surface area contributed by atoms with E-state index in [0.29, 0.717) is 5.39 Å². The molecule has 25 heavy (non-hydrogen) atoms. The fraction of sp³-hybridized carbons (Fsp3) is 0.273. The normalized spacial score (nSPS) is 11.2. The molecule has 0 aliphatic carbocycles. The predicted molar refractivity (Wildman–Crippen MR) is 97.1 cm³/mol. The van der Waals surface area contributed by atoms with Gasteiger partial charge in [0.25, 0.3) is 0 Å². The van der Waals surface area contributed by atoms with Crippen LogP contribution < -0.4 is 0 Å². The van der Waals surface area contributed by atoms with Gasteiger partial charge in [0, 0.05) is 5.39 Å². The zero-order valence-corrected chi connectivity index (χ0v) is 14.3. The van der Waals surface area contributed by atoms with Crippen molar-refractivity contribution in [3.63, 3.8) is 0 Å². The molecule has 0 aliphatic heterocycles. The van der Waals surface area contributed by atoms with E-state index in [1.807, 2.05) is 12.1 Å². The van der Waals surface area contributed by atoms with E-state index in [0.717, 1.165) is 23.6 Å². The van der Waals surface area contributed by atoms with E-state index in [2.05, 4.69) is 19.1 Å². The highest BCUT2D eigenvalue weighted by molar-refractivity contribution is 5.88. The molecule has 3 heteroatoms. The van der Waals surface area contributed by atoms with Gasteiger partial charge in [-0.25, -0.2) is 13.2 Å². The number of unbranched alkanes of at least 4 members (excludes halogenated alkanes) is 3. The summed E-state index contributed by atoms with van der Waals surface area (Å²) in [6, 6.07) is 14.2. The summed E-state index contributed by atoms with van der Waals surface area (Å²) < 4.78 is 40.6. The van der Waals surface area contributed by atoms with Gasteiger partial charge in [0.2, 0.25) is 0 Å². The van der Waals surface area contributed by atoms with Crippen LogP contribution in [0.5, 0.6) is 0 Å². The fourth-order valence-corrected chi connectivity index (χ4v) is 3.10. The molecule has 0 spiro atoms. The lowest BCUT2D eigenvalue weighted by atomic mass is 9.98. The molecule has 0 fully saturated rings. The second kappa shape index (κ2) is 7.73. The van der Waals surface area contributed by atoms with Crippen LogP contribution in [0.4, 0.5) is 13.2 Å². The molecule has 0 nitrogen and oxygen atoms in total. The van der Waals surface area contributed by atoms with Crippen LogP contribution in [0.3, 0.4) is 0 Å². The van der Waals surface area contributed by atoms with Crippen molar-refractivity contribution in [2.24, 2.45) is 0 Å². The van der Waals surface area contributed by atoms with Gasteiger partial charge in [0.15, 0.2) is 17.5 Å². The topological polar surface area (TPSA) is 0 Å². The maximum absolute atomic E-state index is 13.8. The Balaban J connectivity index is 1.83. The van der Waals surface area contributed by atoms with Crippen LogP contribution >= 0.6 is 0 Å². The van der Waals surface area contributed by atoms with E-state index < -0.39 is 17.5 Å². The summed E-state index contributed by atoms with van der Waals surface area (Å²) in [7, 11) is 0. The van der Waals surface area contributed by atoms with Crippen LogP contribution in [-0.2, 0) is 6.42 Å². The molecular weight excluding hydrogens is 321 g/mol. The van der Waals surface area contributed by atoms with Crippen molar-refractivity contribution >= 4 is 10.8 Å². The molecule has 0 aromatic heterocycles. The van der Waals surface area contributed by atoms with Crippen molar-refractivity contribution in [1.82, 2.24) is 0 Å². The molecule has 3 aromatic carbocycles. The Kier molecular flexibility index (Phi) is 5.42. The molecule has 0 amide bonds. The highest BCUT2D eigenvalue weighted by Gasteiger charge is 2.13. The first-order valence-electron chi connectivity index (χ1n) is 8.76. The van der Waals surface area contributed by atoms with Gasteiger partial charge in [0.05, 0.1) is 0 Å². The number of fused-ring (bicyclic) bond motifs is 1. The first-order chi connectivity index (χ1) is 12.1. The molecule has 3 rings (SSSR count). The second-order valence-corrected chi connectivity index (χ2v) is 6.43. The predicted octanol–water partition coefficient (Wildman–Crippen LogP) is 7.05. The summed E-state index contributed by atoms with van der Waals surface area (Å²) >= 11 is 0. The van der Waals surface area contributed by atoms with Gasteiger partial charge in [-0.05, 0) is 47.1 Å². The summed E-state index contributed by atoms with van der Waals surface area (Å²) in [5.41, 5.74) is 3.12. The minimum Gasteiger partial charge on any atom is -0.204 e. The van der Waals surface area contributed by atoms with E-state index in [9.17, 15) is 13.2 Å². The number of halogens is 3. The molecule has 0 saturated heterocycles. The molecule has 0 atom stereocenters. The largest absolute Gasteiger partial charge is 0.204 e. The van der Waals surface area contributed by atoms with Gasteiger partial charge in [0.1, 0.15) is 0 Å². The van der Waals surface area contributed by atoms with Crippen LogP contribution in [0, 0.1) is 17.5 Å². The quantitative estimate of drug-likeness (QED) is 0.333. The van der Waals surface area contributed by atoms with Gasteiger partial charge in [-0.1, -0.05) is 62.6 Å². The zero-order chi connectivity index (χ0) is 17.8. The highest BCUT2D eigenvalue weighted by atomic mass is 19.2. The summed E-state index contributed by atoms with van der Waals surface area (Å²) in [6.07, 6.45) is 5.99. The minimum atomic E-state index is -1.42. The maximum atomic E-state index is 13.8. The number of aryl methyl sites for hydroxylation is 1.